The maximum Gasteiger partial charge on any atom is 0.292 e. The molecular weight excluding hydrogens is 278 g/mol. The Kier molecular flexibility index (Phi) is 3.14. The Morgan fingerprint density at radius 2 is 2.25 bits per heavy atom. The van der Waals surface area contributed by atoms with Crippen molar-refractivity contribution in [2.45, 2.75) is 18.9 Å². The van der Waals surface area contributed by atoms with E-state index in [9.17, 15) is 4.79 Å². The summed E-state index contributed by atoms with van der Waals surface area (Å²) < 4.78 is 5.53. The van der Waals surface area contributed by atoms with E-state index in [1.54, 1.807) is 7.05 Å². The predicted molar refractivity (Wildman–Crippen MR) is 78.1 cm³/mol. The number of H-pyrrole nitrogens is 1. The molecule has 104 valence electrons. The lowest BCUT2D eigenvalue weighted by atomic mass is 9.94. The molecule has 1 amide bonds. The lowest BCUT2D eigenvalue weighted by Gasteiger charge is -2.15. The molecule has 1 saturated heterocycles. The highest BCUT2D eigenvalue weighted by Crippen LogP contribution is 2.34. The number of halogens is 1. The smallest absolute Gasteiger partial charge is 0.292 e. The summed E-state index contributed by atoms with van der Waals surface area (Å²) in [7, 11) is 1.57. The number of aromatic amines is 1. The van der Waals surface area contributed by atoms with Crippen LogP contribution in [-0.2, 0) is 9.53 Å². The first-order valence-corrected chi connectivity index (χ1v) is 6.69. The van der Waals surface area contributed by atoms with Crippen molar-refractivity contribution in [3.63, 3.8) is 0 Å². The number of aliphatic imine (C=N–C) groups is 1. The minimum atomic E-state index is -0.594. The van der Waals surface area contributed by atoms with Crippen molar-refractivity contribution in [3.05, 3.63) is 35.0 Å². The molecule has 5 nitrogen and oxygen atoms in total. The molecule has 2 atom stereocenters. The van der Waals surface area contributed by atoms with Gasteiger partial charge >= 0.3 is 0 Å². The highest BCUT2D eigenvalue weighted by atomic mass is 35.5. The lowest BCUT2D eigenvalue weighted by Crippen LogP contribution is -2.28. The van der Waals surface area contributed by atoms with Crippen LogP contribution >= 0.6 is 11.6 Å². The lowest BCUT2D eigenvalue weighted by molar-refractivity contribution is -0.124. The minimum Gasteiger partial charge on any atom is -0.451 e. The molecule has 1 fully saturated rings. The van der Waals surface area contributed by atoms with Crippen molar-refractivity contribution in [1.29, 1.82) is 0 Å². The van der Waals surface area contributed by atoms with Gasteiger partial charge < -0.3 is 9.72 Å². The number of hydrogen-bond donors (Lipinski definition) is 2. The number of fused-ring (bicyclic) bond motifs is 1. The van der Waals surface area contributed by atoms with Gasteiger partial charge in [0.15, 0.2) is 6.10 Å². The van der Waals surface area contributed by atoms with Crippen molar-refractivity contribution < 1.29 is 9.53 Å². The second-order valence-electron chi connectivity index (χ2n) is 4.75. The normalized spacial score (nSPS) is 22.1. The van der Waals surface area contributed by atoms with Gasteiger partial charge in [-0.3, -0.25) is 10.1 Å². The maximum absolute atomic E-state index is 11.9. The number of amidine groups is 1. The third kappa shape index (κ3) is 1.94. The van der Waals surface area contributed by atoms with Crippen LogP contribution < -0.4 is 5.32 Å². The SMILES string of the molecule is CN=C1NC(=O)[C@H]([C@H](C)c2c[nH]c3cccc(Cl)c23)O1. The molecule has 1 aliphatic heterocycles. The van der Waals surface area contributed by atoms with Crippen molar-refractivity contribution >= 4 is 34.4 Å². The van der Waals surface area contributed by atoms with Crippen LogP contribution in [0.3, 0.4) is 0 Å². The first kappa shape index (κ1) is 13.0. The van der Waals surface area contributed by atoms with Crippen LogP contribution in [0.1, 0.15) is 18.4 Å². The van der Waals surface area contributed by atoms with Gasteiger partial charge in [0, 0.05) is 30.1 Å². The molecule has 0 saturated carbocycles. The van der Waals surface area contributed by atoms with E-state index < -0.39 is 6.10 Å². The largest absolute Gasteiger partial charge is 0.451 e. The molecule has 1 aromatic heterocycles. The summed E-state index contributed by atoms with van der Waals surface area (Å²) in [6, 6.07) is 5.93. The molecule has 2 N–H and O–H groups in total. The zero-order valence-electron chi connectivity index (χ0n) is 11.1. The molecule has 0 aliphatic carbocycles. The molecule has 1 aromatic carbocycles. The zero-order valence-corrected chi connectivity index (χ0v) is 11.9. The Labute approximate surface area is 121 Å². The maximum atomic E-state index is 11.9. The van der Waals surface area contributed by atoms with Crippen LogP contribution in [0.5, 0.6) is 0 Å². The second-order valence-corrected chi connectivity index (χ2v) is 5.16. The summed E-state index contributed by atoms with van der Waals surface area (Å²) in [5.74, 6) is -0.317. The average Bonchev–Trinajstić information content (AvgIpc) is 3.02. The number of carbonyl (C=O) groups is 1. The topological polar surface area (TPSA) is 66.5 Å². The molecule has 2 heterocycles. The average molecular weight is 292 g/mol. The second kappa shape index (κ2) is 4.83. The van der Waals surface area contributed by atoms with E-state index in [0.717, 1.165) is 16.5 Å². The number of amides is 1. The standard InChI is InChI=1S/C14H14ClN3O2/c1-7(12-13(19)18-14(16-2)20-12)8-6-17-10-5-3-4-9(15)11(8)10/h3-7,12,17H,1-2H3,(H,16,18,19)/t7-,12+/m1/s1. The van der Waals surface area contributed by atoms with Crippen LogP contribution in [-0.4, -0.2) is 30.1 Å². The number of nitrogens with zero attached hydrogens (tertiary/aromatic N) is 1. The first-order valence-electron chi connectivity index (χ1n) is 6.31. The fourth-order valence-electron chi connectivity index (χ4n) is 2.51. The number of aromatic nitrogens is 1. The molecule has 0 spiro atoms. The zero-order chi connectivity index (χ0) is 14.3. The summed E-state index contributed by atoms with van der Waals surface area (Å²) in [5, 5.41) is 4.20. The van der Waals surface area contributed by atoms with Crippen molar-refractivity contribution in [2.24, 2.45) is 4.99 Å². The van der Waals surface area contributed by atoms with Gasteiger partial charge in [-0.25, -0.2) is 4.99 Å². The molecule has 6 heteroatoms. The summed E-state index contributed by atoms with van der Waals surface area (Å²) in [6.07, 6.45) is 1.28. The van der Waals surface area contributed by atoms with Gasteiger partial charge in [-0.1, -0.05) is 24.6 Å². The molecular formula is C14H14ClN3O2. The van der Waals surface area contributed by atoms with E-state index in [-0.39, 0.29) is 17.8 Å². The number of ether oxygens (including phenoxy) is 1. The van der Waals surface area contributed by atoms with Gasteiger partial charge in [0.25, 0.3) is 11.9 Å². The summed E-state index contributed by atoms with van der Waals surface area (Å²) in [6.45, 7) is 1.94. The van der Waals surface area contributed by atoms with Crippen LogP contribution in [0.2, 0.25) is 5.02 Å². The highest BCUT2D eigenvalue weighted by Gasteiger charge is 2.37. The number of hydrogen-bond acceptors (Lipinski definition) is 3. The number of carbonyl (C=O) groups excluding carboxylic acids is 1. The Balaban J connectivity index is 2.01. The Hall–Kier alpha value is -2.01. The predicted octanol–water partition coefficient (Wildman–Crippen LogP) is 2.43. The van der Waals surface area contributed by atoms with Gasteiger partial charge in [-0.15, -0.1) is 0 Å². The fourth-order valence-corrected chi connectivity index (χ4v) is 2.79. The summed E-state index contributed by atoms with van der Waals surface area (Å²) >= 11 is 6.26. The third-order valence-corrected chi connectivity index (χ3v) is 3.88. The van der Waals surface area contributed by atoms with E-state index in [0.29, 0.717) is 5.02 Å². The van der Waals surface area contributed by atoms with E-state index >= 15 is 0 Å². The Bertz CT molecular complexity index is 708. The highest BCUT2D eigenvalue weighted by molar-refractivity contribution is 6.35. The Morgan fingerprint density at radius 1 is 1.45 bits per heavy atom. The van der Waals surface area contributed by atoms with Gasteiger partial charge in [0.05, 0.1) is 5.02 Å². The van der Waals surface area contributed by atoms with Gasteiger partial charge in [0.1, 0.15) is 0 Å². The van der Waals surface area contributed by atoms with E-state index in [1.807, 2.05) is 31.3 Å². The van der Waals surface area contributed by atoms with Gasteiger partial charge in [-0.2, -0.15) is 0 Å². The summed E-state index contributed by atoms with van der Waals surface area (Å²) in [5.41, 5.74) is 1.91. The molecule has 20 heavy (non-hydrogen) atoms. The third-order valence-electron chi connectivity index (χ3n) is 3.56. The molecule has 0 bridgehead atoms. The van der Waals surface area contributed by atoms with E-state index in [2.05, 4.69) is 15.3 Å². The Morgan fingerprint density at radius 3 is 2.95 bits per heavy atom. The molecule has 1 aliphatic rings. The van der Waals surface area contributed by atoms with E-state index in [1.165, 1.54) is 0 Å². The van der Waals surface area contributed by atoms with Crippen LogP contribution in [0.4, 0.5) is 0 Å². The van der Waals surface area contributed by atoms with Crippen molar-refractivity contribution in [1.82, 2.24) is 10.3 Å². The monoisotopic (exact) mass is 291 g/mol. The molecule has 0 radical (unpaired) electrons. The number of benzene rings is 1. The molecule has 2 aromatic rings. The van der Waals surface area contributed by atoms with Gasteiger partial charge in [0.2, 0.25) is 0 Å². The van der Waals surface area contributed by atoms with Crippen molar-refractivity contribution in [3.8, 4) is 0 Å². The van der Waals surface area contributed by atoms with Crippen LogP contribution in [0.25, 0.3) is 10.9 Å². The van der Waals surface area contributed by atoms with Crippen LogP contribution in [0, 0.1) is 0 Å². The van der Waals surface area contributed by atoms with Crippen LogP contribution in [0.15, 0.2) is 29.4 Å². The first-order chi connectivity index (χ1) is 9.61. The molecule has 0 unspecified atom stereocenters. The number of rotatable bonds is 2. The van der Waals surface area contributed by atoms with E-state index in [4.69, 9.17) is 16.3 Å². The fraction of sp³-hybridized carbons (Fsp3) is 0.286. The van der Waals surface area contributed by atoms with Gasteiger partial charge in [-0.05, 0) is 17.7 Å². The summed E-state index contributed by atoms with van der Waals surface area (Å²) in [4.78, 5) is 19.0. The molecule has 3 rings (SSSR count). The van der Waals surface area contributed by atoms with Crippen molar-refractivity contribution in [2.75, 3.05) is 7.05 Å². The quantitative estimate of drug-likeness (QED) is 0.892. The minimum absolute atomic E-state index is 0.136. The number of nitrogens with one attached hydrogen (secondary N) is 2.